The van der Waals surface area contributed by atoms with E-state index in [2.05, 4.69) is 15.1 Å². The molecule has 0 amide bonds. The van der Waals surface area contributed by atoms with E-state index in [-0.39, 0.29) is 11.5 Å². The highest BCUT2D eigenvalue weighted by molar-refractivity contribution is 5.97. The van der Waals surface area contributed by atoms with Crippen LogP contribution in [0.25, 0.3) is 10.9 Å². The number of nitrogens with two attached hydrogens (primary N) is 1. The molecule has 0 fully saturated rings. The third kappa shape index (κ3) is 2.59. The normalized spacial score (nSPS) is 11.5. The summed E-state index contributed by atoms with van der Waals surface area (Å²) < 4.78 is 5.77. The summed E-state index contributed by atoms with van der Waals surface area (Å²) in [5, 5.41) is 12.7. The van der Waals surface area contributed by atoms with Crippen LogP contribution < -0.4 is 10.5 Å². The second-order valence-corrected chi connectivity index (χ2v) is 4.30. The molecule has 2 heterocycles. The number of aromatic nitrogens is 2. The van der Waals surface area contributed by atoms with E-state index in [0.29, 0.717) is 11.5 Å². The number of amidine groups is 1. The number of ether oxygens (including phenoxy) is 1. The Bertz CT molecular complexity index is 817. The minimum Gasteiger partial charge on any atom is -0.455 e. The van der Waals surface area contributed by atoms with Crippen LogP contribution in [0.4, 0.5) is 0 Å². The minimum absolute atomic E-state index is 0.107. The molecule has 0 unspecified atom stereocenters. The molecule has 0 saturated carbocycles. The van der Waals surface area contributed by atoms with E-state index in [4.69, 9.17) is 15.7 Å². The van der Waals surface area contributed by atoms with Crippen LogP contribution in [0, 0.1) is 0 Å². The summed E-state index contributed by atoms with van der Waals surface area (Å²) in [5.41, 5.74) is 6.69. The summed E-state index contributed by atoms with van der Waals surface area (Å²) in [5.74, 6) is 0.897. The Balaban J connectivity index is 1.99. The second-order valence-electron chi connectivity index (χ2n) is 4.30. The number of hydrogen-bond donors (Lipinski definition) is 2. The number of benzene rings is 1. The van der Waals surface area contributed by atoms with Gasteiger partial charge in [-0.2, -0.15) is 0 Å². The SMILES string of the molecule is N/C(=N/O)c1ncccc1Oc1ccc2cccnc2c1. The Morgan fingerprint density at radius 3 is 2.76 bits per heavy atom. The molecule has 6 heteroatoms. The Morgan fingerprint density at radius 2 is 1.90 bits per heavy atom. The van der Waals surface area contributed by atoms with Crippen LogP contribution in [0.3, 0.4) is 0 Å². The van der Waals surface area contributed by atoms with Gasteiger partial charge in [0.05, 0.1) is 5.52 Å². The van der Waals surface area contributed by atoms with Crippen LogP contribution in [0.5, 0.6) is 11.5 Å². The summed E-state index contributed by atoms with van der Waals surface area (Å²) >= 11 is 0. The van der Waals surface area contributed by atoms with Crippen molar-refractivity contribution in [3.05, 3.63) is 60.6 Å². The maximum atomic E-state index is 8.78. The van der Waals surface area contributed by atoms with E-state index >= 15 is 0 Å². The fourth-order valence-electron chi connectivity index (χ4n) is 1.95. The average molecular weight is 280 g/mol. The molecule has 0 aliphatic heterocycles. The van der Waals surface area contributed by atoms with Crippen LogP contribution in [0.1, 0.15) is 5.69 Å². The van der Waals surface area contributed by atoms with Gasteiger partial charge in [-0.3, -0.25) is 4.98 Å². The Morgan fingerprint density at radius 1 is 1.10 bits per heavy atom. The molecule has 0 aliphatic carbocycles. The van der Waals surface area contributed by atoms with Crippen molar-refractivity contribution in [2.24, 2.45) is 10.9 Å². The predicted octanol–water partition coefficient (Wildman–Crippen LogP) is 2.52. The van der Waals surface area contributed by atoms with Crippen LogP contribution in [-0.4, -0.2) is 21.0 Å². The maximum Gasteiger partial charge on any atom is 0.192 e. The molecule has 104 valence electrons. The third-order valence-electron chi connectivity index (χ3n) is 2.93. The second kappa shape index (κ2) is 5.46. The molecule has 3 N–H and O–H groups in total. The maximum absolute atomic E-state index is 8.78. The van der Waals surface area contributed by atoms with E-state index in [0.717, 1.165) is 10.9 Å². The van der Waals surface area contributed by atoms with E-state index in [1.54, 1.807) is 24.5 Å². The topological polar surface area (TPSA) is 93.6 Å². The van der Waals surface area contributed by atoms with E-state index < -0.39 is 0 Å². The number of fused-ring (bicyclic) bond motifs is 1. The zero-order chi connectivity index (χ0) is 14.7. The fourth-order valence-corrected chi connectivity index (χ4v) is 1.95. The van der Waals surface area contributed by atoms with Gasteiger partial charge >= 0.3 is 0 Å². The number of nitrogens with zero attached hydrogens (tertiary/aromatic N) is 3. The van der Waals surface area contributed by atoms with Crippen molar-refractivity contribution in [2.45, 2.75) is 0 Å². The predicted molar refractivity (Wildman–Crippen MR) is 78.6 cm³/mol. The summed E-state index contributed by atoms with van der Waals surface area (Å²) in [4.78, 5) is 8.32. The number of hydrogen-bond acceptors (Lipinski definition) is 5. The lowest BCUT2D eigenvalue weighted by atomic mass is 10.2. The van der Waals surface area contributed by atoms with E-state index in [9.17, 15) is 0 Å². The molecule has 0 saturated heterocycles. The van der Waals surface area contributed by atoms with E-state index in [1.807, 2.05) is 30.3 Å². The molecule has 3 aromatic rings. The quantitative estimate of drug-likeness (QED) is 0.333. The van der Waals surface area contributed by atoms with Gasteiger partial charge < -0.3 is 15.7 Å². The average Bonchev–Trinajstić information content (AvgIpc) is 2.54. The molecular weight excluding hydrogens is 268 g/mol. The van der Waals surface area contributed by atoms with Crippen molar-refractivity contribution in [1.82, 2.24) is 9.97 Å². The molecule has 0 aliphatic rings. The van der Waals surface area contributed by atoms with Crippen molar-refractivity contribution in [1.29, 1.82) is 0 Å². The van der Waals surface area contributed by atoms with Gasteiger partial charge in [0.2, 0.25) is 0 Å². The van der Waals surface area contributed by atoms with Gasteiger partial charge in [-0.1, -0.05) is 11.2 Å². The molecule has 0 spiro atoms. The van der Waals surface area contributed by atoms with Crippen molar-refractivity contribution in [3.63, 3.8) is 0 Å². The van der Waals surface area contributed by atoms with Gasteiger partial charge in [-0.15, -0.1) is 0 Å². The van der Waals surface area contributed by atoms with Crippen molar-refractivity contribution in [3.8, 4) is 11.5 Å². The molecule has 1 aromatic carbocycles. The zero-order valence-electron chi connectivity index (χ0n) is 11.0. The molecular formula is C15H12N4O2. The molecule has 0 bridgehead atoms. The van der Waals surface area contributed by atoms with Crippen LogP contribution in [0.2, 0.25) is 0 Å². The number of rotatable bonds is 3. The first kappa shape index (κ1) is 12.9. The van der Waals surface area contributed by atoms with Crippen molar-refractivity contribution in [2.75, 3.05) is 0 Å². The fraction of sp³-hybridized carbons (Fsp3) is 0. The van der Waals surface area contributed by atoms with E-state index in [1.165, 1.54) is 0 Å². The summed E-state index contributed by atoms with van der Waals surface area (Å²) in [6.45, 7) is 0. The molecule has 2 aromatic heterocycles. The Labute approximate surface area is 120 Å². The largest absolute Gasteiger partial charge is 0.455 e. The lowest BCUT2D eigenvalue weighted by molar-refractivity contribution is 0.318. The van der Waals surface area contributed by atoms with Crippen molar-refractivity contribution >= 4 is 16.7 Å². The number of pyridine rings is 2. The monoisotopic (exact) mass is 280 g/mol. The Kier molecular flexibility index (Phi) is 3.34. The molecule has 21 heavy (non-hydrogen) atoms. The first-order valence-electron chi connectivity index (χ1n) is 6.23. The summed E-state index contributed by atoms with van der Waals surface area (Å²) in [6.07, 6.45) is 3.26. The lowest BCUT2D eigenvalue weighted by Crippen LogP contribution is -2.15. The van der Waals surface area contributed by atoms with Gasteiger partial charge in [-0.05, 0) is 30.3 Å². The van der Waals surface area contributed by atoms with Gasteiger partial charge in [0.15, 0.2) is 17.3 Å². The van der Waals surface area contributed by atoms with Crippen LogP contribution in [0.15, 0.2) is 60.0 Å². The van der Waals surface area contributed by atoms with Crippen LogP contribution in [-0.2, 0) is 0 Å². The smallest absolute Gasteiger partial charge is 0.192 e. The molecule has 0 atom stereocenters. The van der Waals surface area contributed by atoms with Gasteiger partial charge in [0.25, 0.3) is 0 Å². The first-order valence-corrected chi connectivity index (χ1v) is 6.23. The standard InChI is InChI=1S/C15H12N4O2/c16-15(19-20)14-13(4-2-8-18-14)21-11-6-5-10-3-1-7-17-12(10)9-11/h1-9,20H,(H2,16,19). The summed E-state index contributed by atoms with van der Waals surface area (Å²) in [6, 6.07) is 12.8. The van der Waals surface area contributed by atoms with Crippen LogP contribution >= 0.6 is 0 Å². The third-order valence-corrected chi connectivity index (χ3v) is 2.93. The van der Waals surface area contributed by atoms with Crippen molar-refractivity contribution < 1.29 is 9.94 Å². The minimum atomic E-state index is -0.107. The first-order chi connectivity index (χ1) is 10.3. The van der Waals surface area contributed by atoms with Gasteiger partial charge in [-0.25, -0.2) is 4.98 Å². The zero-order valence-corrected chi connectivity index (χ0v) is 11.0. The number of oxime groups is 1. The molecule has 6 nitrogen and oxygen atoms in total. The highest BCUT2D eigenvalue weighted by atomic mass is 16.5. The highest BCUT2D eigenvalue weighted by Gasteiger charge is 2.10. The lowest BCUT2D eigenvalue weighted by Gasteiger charge is -2.09. The van der Waals surface area contributed by atoms with Gasteiger partial charge in [0.1, 0.15) is 5.75 Å². The highest BCUT2D eigenvalue weighted by Crippen LogP contribution is 2.26. The Hall–Kier alpha value is -3.15. The molecule has 0 radical (unpaired) electrons. The van der Waals surface area contributed by atoms with Gasteiger partial charge in [0, 0.05) is 23.8 Å². The summed E-state index contributed by atoms with van der Waals surface area (Å²) in [7, 11) is 0. The molecule has 3 rings (SSSR count).